The number of fused-ring (bicyclic) bond motifs is 4. The van der Waals surface area contributed by atoms with Crippen molar-refractivity contribution in [1.82, 2.24) is 0 Å². The fourth-order valence-electron chi connectivity index (χ4n) is 6.93. The van der Waals surface area contributed by atoms with Crippen LogP contribution in [0.1, 0.15) is 50.7 Å². The molecule has 2 saturated carbocycles. The maximum absolute atomic E-state index is 12.5. The Labute approximate surface area is 242 Å². The Bertz CT molecular complexity index is 1350. The van der Waals surface area contributed by atoms with E-state index in [0.717, 1.165) is 42.6 Å². The number of rotatable bonds is 11. The first kappa shape index (κ1) is 27.4. The summed E-state index contributed by atoms with van der Waals surface area (Å²) in [7, 11) is 0. The maximum Gasteiger partial charge on any atom is 0.317 e. The molecule has 0 spiro atoms. The first-order chi connectivity index (χ1) is 19.8. The van der Waals surface area contributed by atoms with Crippen molar-refractivity contribution in [1.29, 1.82) is 0 Å². The Morgan fingerprint density at radius 2 is 1.27 bits per heavy atom. The monoisotopic (exact) mass is 554 g/mol. The Morgan fingerprint density at radius 3 is 1.78 bits per heavy atom. The predicted octanol–water partition coefficient (Wildman–Crippen LogP) is 6.75. The number of ether oxygens (including phenoxy) is 4. The van der Waals surface area contributed by atoms with Crippen LogP contribution in [-0.4, -0.2) is 25.2 Å². The van der Waals surface area contributed by atoms with Crippen LogP contribution in [0, 0.1) is 35.5 Å². The molecule has 0 radical (unpaired) electrons. The standard InChI is InChI=1S/C35H38O6/c1-22(41-34(37)32-21-24-5-7-26(32)19-24)40-30-14-10-28(11-15-30)35(2,3)27-8-12-29(13-9-27)38-16-17-39-33(36)31-20-23-4-6-25(31)18-23/h4-15,23-26,31-32H,1,16-21H2,2-3H3. The van der Waals surface area contributed by atoms with Gasteiger partial charge >= 0.3 is 11.9 Å². The smallest absolute Gasteiger partial charge is 0.317 e. The zero-order valence-corrected chi connectivity index (χ0v) is 23.8. The highest BCUT2D eigenvalue weighted by Crippen LogP contribution is 2.45. The summed E-state index contributed by atoms with van der Waals surface area (Å²) in [6.45, 7) is 8.69. The molecular weight excluding hydrogens is 516 g/mol. The topological polar surface area (TPSA) is 71.1 Å². The Balaban J connectivity index is 0.963. The van der Waals surface area contributed by atoms with Gasteiger partial charge in [0.25, 0.3) is 5.95 Å². The first-order valence-corrected chi connectivity index (χ1v) is 14.7. The van der Waals surface area contributed by atoms with E-state index in [9.17, 15) is 9.59 Å². The third kappa shape index (κ3) is 5.83. The minimum atomic E-state index is -0.263. The van der Waals surface area contributed by atoms with Crippen molar-refractivity contribution in [3.63, 3.8) is 0 Å². The van der Waals surface area contributed by atoms with Crippen molar-refractivity contribution >= 4 is 11.9 Å². The van der Waals surface area contributed by atoms with Crippen molar-refractivity contribution in [3.8, 4) is 11.5 Å². The highest BCUT2D eigenvalue weighted by Gasteiger charge is 2.42. The molecule has 6 nitrogen and oxygen atoms in total. The summed E-state index contributed by atoms with van der Waals surface area (Å²) in [6.07, 6.45) is 12.6. The van der Waals surface area contributed by atoms with Crippen LogP contribution in [0.25, 0.3) is 0 Å². The molecule has 41 heavy (non-hydrogen) atoms. The molecule has 4 aliphatic rings. The number of benzene rings is 2. The predicted molar refractivity (Wildman–Crippen MR) is 155 cm³/mol. The van der Waals surface area contributed by atoms with Gasteiger partial charge in [0.1, 0.15) is 24.7 Å². The van der Waals surface area contributed by atoms with Gasteiger partial charge in [0.05, 0.1) is 11.8 Å². The molecule has 6 heteroatoms. The van der Waals surface area contributed by atoms with Gasteiger partial charge in [-0.3, -0.25) is 9.59 Å². The van der Waals surface area contributed by atoms with Crippen LogP contribution in [0.5, 0.6) is 11.5 Å². The second kappa shape index (κ2) is 11.2. The largest absolute Gasteiger partial charge is 0.490 e. The third-order valence-electron chi connectivity index (χ3n) is 9.36. The van der Waals surface area contributed by atoms with Gasteiger partial charge in [-0.2, -0.15) is 0 Å². The van der Waals surface area contributed by atoms with Crippen LogP contribution in [0.3, 0.4) is 0 Å². The molecule has 0 amide bonds. The molecule has 214 valence electrons. The number of allylic oxidation sites excluding steroid dienone is 4. The molecule has 2 aromatic carbocycles. The van der Waals surface area contributed by atoms with Crippen molar-refractivity contribution in [3.05, 3.63) is 96.5 Å². The zero-order valence-electron chi connectivity index (χ0n) is 23.8. The summed E-state index contributed by atoms with van der Waals surface area (Å²) >= 11 is 0. The number of esters is 2. The summed E-state index contributed by atoms with van der Waals surface area (Å²) in [5, 5.41) is 0. The van der Waals surface area contributed by atoms with Crippen molar-refractivity contribution in [2.75, 3.05) is 13.2 Å². The van der Waals surface area contributed by atoms with Gasteiger partial charge in [0.15, 0.2) is 0 Å². The van der Waals surface area contributed by atoms with Gasteiger partial charge in [0.2, 0.25) is 0 Å². The van der Waals surface area contributed by atoms with Crippen molar-refractivity contribution < 1.29 is 28.5 Å². The van der Waals surface area contributed by atoms with E-state index in [-0.39, 0.29) is 47.7 Å². The maximum atomic E-state index is 12.5. The van der Waals surface area contributed by atoms with Crippen molar-refractivity contribution in [2.45, 2.75) is 44.9 Å². The Hall–Kier alpha value is -3.80. The van der Waals surface area contributed by atoms with Gasteiger partial charge in [-0.05, 0) is 91.3 Å². The van der Waals surface area contributed by atoms with E-state index in [1.165, 1.54) is 0 Å². The van der Waals surface area contributed by atoms with Crippen LogP contribution >= 0.6 is 0 Å². The van der Waals surface area contributed by atoms with E-state index in [4.69, 9.17) is 18.9 Å². The average Bonchev–Trinajstić information content (AvgIpc) is 3.78. The SMILES string of the molecule is C=C(OC(=O)C1CC2C=CC1C2)Oc1ccc(C(C)(C)c2ccc(OCCOC(=O)C3CC4C=CC3C4)cc2)cc1. The third-order valence-corrected chi connectivity index (χ3v) is 9.36. The van der Waals surface area contributed by atoms with E-state index < -0.39 is 0 Å². The number of hydrogen-bond acceptors (Lipinski definition) is 6. The van der Waals surface area contributed by atoms with E-state index in [1.54, 1.807) is 0 Å². The first-order valence-electron chi connectivity index (χ1n) is 14.7. The molecule has 6 rings (SSSR count). The highest BCUT2D eigenvalue weighted by atomic mass is 16.7. The summed E-state index contributed by atoms with van der Waals surface area (Å²) < 4.78 is 22.4. The molecule has 2 aromatic rings. The van der Waals surface area contributed by atoms with Crippen LogP contribution < -0.4 is 9.47 Å². The minimum absolute atomic E-state index is 0.00168. The Morgan fingerprint density at radius 1 is 0.732 bits per heavy atom. The number of hydrogen-bond donors (Lipinski definition) is 0. The molecule has 6 unspecified atom stereocenters. The second-order valence-electron chi connectivity index (χ2n) is 12.4. The fourth-order valence-corrected chi connectivity index (χ4v) is 6.93. The lowest BCUT2D eigenvalue weighted by molar-refractivity contribution is -0.150. The van der Waals surface area contributed by atoms with E-state index in [1.807, 2.05) is 36.4 Å². The summed E-state index contributed by atoms with van der Waals surface area (Å²) in [5.74, 6) is 2.54. The fraction of sp³-hybridized carbons (Fsp3) is 0.429. The molecular formula is C35H38O6. The molecule has 0 aromatic heterocycles. The van der Waals surface area contributed by atoms with E-state index in [2.05, 4.69) is 56.9 Å². The van der Waals surface area contributed by atoms with Crippen LogP contribution in [0.15, 0.2) is 85.4 Å². The lowest BCUT2D eigenvalue weighted by atomic mass is 9.78. The van der Waals surface area contributed by atoms with Crippen LogP contribution in [0.2, 0.25) is 0 Å². The molecule has 2 fully saturated rings. The minimum Gasteiger partial charge on any atom is -0.490 e. The highest BCUT2D eigenvalue weighted by molar-refractivity contribution is 5.75. The number of carbonyl (C=O) groups excluding carboxylic acids is 2. The van der Waals surface area contributed by atoms with Crippen molar-refractivity contribution in [2.24, 2.45) is 35.5 Å². The average molecular weight is 555 g/mol. The molecule has 4 bridgehead atoms. The zero-order chi connectivity index (χ0) is 28.6. The van der Waals surface area contributed by atoms with Gasteiger partial charge in [-0.25, -0.2) is 0 Å². The quantitative estimate of drug-likeness (QED) is 0.132. The summed E-state index contributed by atoms with van der Waals surface area (Å²) in [5.41, 5.74) is 1.98. The van der Waals surface area contributed by atoms with Crippen LogP contribution in [-0.2, 0) is 24.5 Å². The second-order valence-corrected chi connectivity index (χ2v) is 12.4. The lowest BCUT2D eigenvalue weighted by Crippen LogP contribution is -2.23. The normalized spacial score (nSPS) is 27.2. The molecule has 0 saturated heterocycles. The number of carbonyl (C=O) groups is 2. The van der Waals surface area contributed by atoms with Gasteiger partial charge in [-0.1, -0.05) is 62.4 Å². The molecule has 6 atom stereocenters. The summed E-state index contributed by atoms with van der Waals surface area (Å²) in [4.78, 5) is 24.9. The van der Waals surface area contributed by atoms with E-state index in [0.29, 0.717) is 30.1 Å². The van der Waals surface area contributed by atoms with Crippen LogP contribution in [0.4, 0.5) is 0 Å². The molecule has 0 N–H and O–H groups in total. The summed E-state index contributed by atoms with van der Waals surface area (Å²) in [6, 6.07) is 15.7. The Kier molecular flexibility index (Phi) is 7.50. The van der Waals surface area contributed by atoms with Gasteiger partial charge in [0, 0.05) is 5.41 Å². The van der Waals surface area contributed by atoms with E-state index >= 15 is 0 Å². The van der Waals surface area contributed by atoms with Gasteiger partial charge < -0.3 is 18.9 Å². The van der Waals surface area contributed by atoms with Gasteiger partial charge in [-0.15, -0.1) is 0 Å². The molecule has 4 aliphatic carbocycles. The lowest BCUT2D eigenvalue weighted by Gasteiger charge is -2.26. The molecule has 0 heterocycles. The molecule has 0 aliphatic heterocycles.